The first kappa shape index (κ1) is 28.1. The molecule has 0 aliphatic heterocycles. The van der Waals surface area contributed by atoms with Crippen LogP contribution in [0, 0.1) is 0 Å². The Morgan fingerprint density at radius 1 is 0.452 bits per heavy atom. The number of unbranched alkanes of at least 4 members (excludes halogenated alkanes) is 15. The highest BCUT2D eigenvalue weighted by molar-refractivity contribution is 5.44. The van der Waals surface area contributed by atoms with Crippen LogP contribution in [0.4, 0.5) is 0 Å². The quantitative estimate of drug-likeness (QED) is 0.192. The molecule has 1 rings (SSSR count). The molecule has 0 aliphatic carbocycles. The van der Waals surface area contributed by atoms with Crippen LogP contribution in [0.15, 0.2) is 12.1 Å². The zero-order chi connectivity index (χ0) is 22.6. The minimum Gasteiger partial charge on any atom is -0.507 e. The molecule has 1 aromatic carbocycles. The van der Waals surface area contributed by atoms with Crippen molar-refractivity contribution in [3.05, 3.63) is 28.8 Å². The zero-order valence-corrected chi connectivity index (χ0v) is 21.5. The fraction of sp³-hybridized carbons (Fsp3) is 0.800. The van der Waals surface area contributed by atoms with Crippen molar-refractivity contribution in [2.24, 2.45) is 0 Å². The summed E-state index contributed by atoms with van der Waals surface area (Å²) in [4.78, 5) is 0. The Labute approximate surface area is 195 Å². The van der Waals surface area contributed by atoms with E-state index in [2.05, 4.69) is 32.9 Å². The molecule has 0 unspecified atom stereocenters. The molecule has 0 fully saturated rings. The van der Waals surface area contributed by atoms with E-state index in [9.17, 15) is 5.11 Å². The fourth-order valence-corrected chi connectivity index (χ4v) is 4.66. The Bertz CT molecular complexity index is 496. The van der Waals surface area contributed by atoms with Crippen molar-refractivity contribution < 1.29 is 5.11 Å². The van der Waals surface area contributed by atoms with Crippen LogP contribution in [0.5, 0.6) is 5.75 Å². The summed E-state index contributed by atoms with van der Waals surface area (Å²) < 4.78 is 0. The van der Waals surface area contributed by atoms with Crippen LogP contribution in [0.25, 0.3) is 0 Å². The number of hydrogen-bond donors (Lipinski definition) is 1. The largest absolute Gasteiger partial charge is 0.507 e. The lowest BCUT2D eigenvalue weighted by molar-refractivity contribution is 0.456. The Morgan fingerprint density at radius 3 is 1.16 bits per heavy atom. The van der Waals surface area contributed by atoms with Gasteiger partial charge < -0.3 is 5.11 Å². The molecule has 1 nitrogen and oxygen atoms in total. The maximum Gasteiger partial charge on any atom is 0.121 e. The molecule has 1 aromatic rings. The molecule has 31 heavy (non-hydrogen) atoms. The van der Waals surface area contributed by atoms with Gasteiger partial charge in [0.1, 0.15) is 5.75 Å². The van der Waals surface area contributed by atoms with Gasteiger partial charge in [0, 0.05) is 0 Å². The maximum atomic E-state index is 11.0. The van der Waals surface area contributed by atoms with Crippen LogP contribution in [0.2, 0.25) is 0 Å². The summed E-state index contributed by atoms with van der Waals surface area (Å²) in [6.45, 7) is 6.84. The lowest BCUT2D eigenvalue weighted by Gasteiger charge is -2.14. The fourth-order valence-electron chi connectivity index (χ4n) is 4.66. The number of aromatic hydroxyl groups is 1. The van der Waals surface area contributed by atoms with Gasteiger partial charge in [-0.3, -0.25) is 0 Å². The highest BCUT2D eigenvalue weighted by Crippen LogP contribution is 2.29. The Kier molecular flexibility index (Phi) is 17.8. The van der Waals surface area contributed by atoms with Crippen LogP contribution in [0.1, 0.15) is 153 Å². The maximum absolute atomic E-state index is 11.0. The summed E-state index contributed by atoms with van der Waals surface area (Å²) in [6, 6.07) is 4.66. The van der Waals surface area contributed by atoms with Gasteiger partial charge in [-0.15, -0.1) is 0 Å². The number of benzene rings is 1. The average molecular weight is 431 g/mol. The van der Waals surface area contributed by atoms with Crippen LogP contribution in [-0.2, 0) is 19.3 Å². The van der Waals surface area contributed by atoms with Gasteiger partial charge in [0.25, 0.3) is 0 Å². The van der Waals surface area contributed by atoms with Gasteiger partial charge in [-0.1, -0.05) is 129 Å². The summed E-state index contributed by atoms with van der Waals surface area (Å²) in [7, 11) is 0. The minimum absolute atomic E-state index is 0.619. The van der Waals surface area contributed by atoms with Crippen LogP contribution >= 0.6 is 0 Å². The topological polar surface area (TPSA) is 20.2 Å². The van der Waals surface area contributed by atoms with Crippen molar-refractivity contribution in [3.8, 4) is 5.75 Å². The van der Waals surface area contributed by atoms with Crippen molar-refractivity contribution in [2.45, 2.75) is 156 Å². The highest BCUT2D eigenvalue weighted by atomic mass is 16.3. The van der Waals surface area contributed by atoms with Crippen molar-refractivity contribution in [3.63, 3.8) is 0 Å². The monoisotopic (exact) mass is 430 g/mol. The van der Waals surface area contributed by atoms with E-state index in [1.807, 2.05) is 0 Å². The van der Waals surface area contributed by atoms with Crippen molar-refractivity contribution in [2.75, 3.05) is 0 Å². The first-order valence-electron chi connectivity index (χ1n) is 14.1. The van der Waals surface area contributed by atoms with Gasteiger partial charge in [-0.2, -0.15) is 0 Å². The van der Waals surface area contributed by atoms with E-state index in [-0.39, 0.29) is 0 Å². The zero-order valence-electron chi connectivity index (χ0n) is 21.5. The summed E-state index contributed by atoms with van der Waals surface area (Å²) in [5.74, 6) is 0.619. The first-order chi connectivity index (χ1) is 15.2. The Morgan fingerprint density at radius 2 is 0.774 bits per heavy atom. The summed E-state index contributed by atoms with van der Waals surface area (Å²) in [5, 5.41) is 11.0. The van der Waals surface area contributed by atoms with Gasteiger partial charge in [-0.25, -0.2) is 0 Å². The number of hydrogen-bond acceptors (Lipinski definition) is 1. The molecule has 0 heterocycles. The molecule has 1 N–H and O–H groups in total. The second-order valence-corrected chi connectivity index (χ2v) is 9.82. The van der Waals surface area contributed by atoms with Crippen LogP contribution in [0.3, 0.4) is 0 Å². The van der Waals surface area contributed by atoms with Crippen molar-refractivity contribution in [1.29, 1.82) is 0 Å². The summed E-state index contributed by atoms with van der Waals surface area (Å²) in [5.41, 5.74) is 3.91. The number of phenols is 1. The second-order valence-electron chi connectivity index (χ2n) is 9.82. The predicted octanol–water partition coefficient (Wildman–Crippen LogP) is 10.1. The molecule has 1 heteroatoms. The second kappa shape index (κ2) is 19.7. The van der Waals surface area contributed by atoms with Crippen molar-refractivity contribution >= 4 is 0 Å². The van der Waals surface area contributed by atoms with E-state index < -0.39 is 0 Å². The SMILES string of the molecule is CCCCCCCCc1cc(CCCCCCCC)c(O)c(CCCCCCCC)c1. The van der Waals surface area contributed by atoms with Crippen LogP contribution < -0.4 is 0 Å². The van der Waals surface area contributed by atoms with Gasteiger partial charge in [0.2, 0.25) is 0 Å². The third-order valence-corrected chi connectivity index (χ3v) is 6.75. The summed E-state index contributed by atoms with van der Waals surface area (Å²) in [6.07, 6.45) is 27.2. The molecule has 0 radical (unpaired) electrons. The molecule has 0 saturated carbocycles. The van der Waals surface area contributed by atoms with E-state index in [4.69, 9.17) is 0 Å². The molecule has 0 aliphatic rings. The third kappa shape index (κ3) is 13.9. The number of rotatable bonds is 21. The molecule has 180 valence electrons. The lowest BCUT2D eigenvalue weighted by Crippen LogP contribution is -1.98. The molecule has 0 spiro atoms. The van der Waals surface area contributed by atoms with Gasteiger partial charge in [0.05, 0.1) is 0 Å². The van der Waals surface area contributed by atoms with E-state index in [1.54, 1.807) is 0 Å². The van der Waals surface area contributed by atoms with E-state index in [0.29, 0.717) is 5.75 Å². The molecular weight excluding hydrogens is 376 g/mol. The minimum atomic E-state index is 0.619. The molecule has 0 amide bonds. The Balaban J connectivity index is 2.60. The van der Waals surface area contributed by atoms with Gasteiger partial charge >= 0.3 is 0 Å². The molecule has 0 atom stereocenters. The standard InChI is InChI=1S/C30H54O/c1-4-7-10-13-16-19-22-27-25-28(23-20-17-14-11-8-5-2)30(31)29(26-27)24-21-18-15-12-9-6-3/h25-26,31H,4-24H2,1-3H3. The smallest absolute Gasteiger partial charge is 0.121 e. The molecule has 0 bridgehead atoms. The van der Waals surface area contributed by atoms with Gasteiger partial charge in [0.15, 0.2) is 0 Å². The molecular formula is C30H54O. The lowest BCUT2D eigenvalue weighted by atomic mass is 9.94. The van der Waals surface area contributed by atoms with E-state index in [1.165, 1.54) is 139 Å². The van der Waals surface area contributed by atoms with E-state index >= 15 is 0 Å². The van der Waals surface area contributed by atoms with E-state index in [0.717, 1.165) is 12.8 Å². The first-order valence-corrected chi connectivity index (χ1v) is 14.1. The third-order valence-electron chi connectivity index (χ3n) is 6.75. The average Bonchev–Trinajstić information content (AvgIpc) is 2.77. The van der Waals surface area contributed by atoms with Gasteiger partial charge in [-0.05, 0) is 55.2 Å². The Hall–Kier alpha value is -0.980. The highest BCUT2D eigenvalue weighted by Gasteiger charge is 2.10. The predicted molar refractivity (Wildman–Crippen MR) is 139 cm³/mol. The molecule has 0 aromatic heterocycles. The number of aryl methyl sites for hydroxylation is 3. The van der Waals surface area contributed by atoms with Crippen LogP contribution in [-0.4, -0.2) is 5.11 Å². The number of phenolic OH excluding ortho intramolecular Hbond substituents is 1. The van der Waals surface area contributed by atoms with Crippen molar-refractivity contribution in [1.82, 2.24) is 0 Å². The molecule has 0 saturated heterocycles. The normalized spacial score (nSPS) is 11.3. The summed E-state index contributed by atoms with van der Waals surface area (Å²) >= 11 is 0.